The van der Waals surface area contributed by atoms with Crippen LogP contribution in [0.15, 0.2) is 18.2 Å². The van der Waals surface area contributed by atoms with Gasteiger partial charge in [0.05, 0.1) is 18.6 Å². The molecule has 1 aromatic carbocycles. The van der Waals surface area contributed by atoms with Crippen molar-refractivity contribution in [1.29, 1.82) is 0 Å². The van der Waals surface area contributed by atoms with Crippen molar-refractivity contribution in [2.24, 2.45) is 0 Å². The summed E-state index contributed by atoms with van der Waals surface area (Å²) in [6.45, 7) is 3.48. The molecule has 1 heterocycles. The number of anilines is 1. The molecular weight excluding hydrogens is 244 g/mol. The monoisotopic (exact) mass is 262 g/mol. The first kappa shape index (κ1) is 13.5. The number of carbonyl (C=O) groups is 2. The summed E-state index contributed by atoms with van der Waals surface area (Å²) in [4.78, 5) is 25.1. The van der Waals surface area contributed by atoms with Crippen LogP contribution in [-0.4, -0.2) is 41.0 Å². The lowest BCUT2D eigenvalue weighted by molar-refractivity contribution is -0.115. The smallest absolute Gasteiger partial charge is 0.254 e. The summed E-state index contributed by atoms with van der Waals surface area (Å²) in [6, 6.07) is 5.17. The van der Waals surface area contributed by atoms with Gasteiger partial charge in [-0.15, -0.1) is 0 Å². The number of likely N-dealkylation sites (N-methyl/N-ethyl adjacent to an activating group) is 1. The zero-order chi connectivity index (χ0) is 14.2. The predicted octanol–water partition coefficient (Wildman–Crippen LogP) is 1.02. The van der Waals surface area contributed by atoms with Crippen molar-refractivity contribution < 1.29 is 14.7 Å². The van der Waals surface area contributed by atoms with E-state index in [4.69, 9.17) is 0 Å². The van der Waals surface area contributed by atoms with Crippen molar-refractivity contribution in [3.8, 4) is 0 Å². The lowest BCUT2D eigenvalue weighted by atomic mass is 10.0. The number of aliphatic hydroxyl groups excluding tert-OH is 1. The van der Waals surface area contributed by atoms with Crippen LogP contribution in [0.5, 0.6) is 0 Å². The Kier molecular flexibility index (Phi) is 3.32. The molecule has 5 nitrogen and oxygen atoms in total. The van der Waals surface area contributed by atoms with Gasteiger partial charge in [-0.2, -0.15) is 0 Å². The molecule has 19 heavy (non-hydrogen) atoms. The third kappa shape index (κ3) is 2.46. The van der Waals surface area contributed by atoms with Crippen LogP contribution in [0.3, 0.4) is 0 Å². The maximum Gasteiger partial charge on any atom is 0.254 e. The topological polar surface area (TPSA) is 69.6 Å². The summed E-state index contributed by atoms with van der Waals surface area (Å²) in [5.74, 6) is -0.218. The molecule has 0 aliphatic carbocycles. The second kappa shape index (κ2) is 4.66. The number of hydrogen-bond acceptors (Lipinski definition) is 3. The first-order valence-electron chi connectivity index (χ1n) is 6.17. The number of nitrogens with one attached hydrogen (secondary N) is 1. The van der Waals surface area contributed by atoms with Crippen LogP contribution in [-0.2, 0) is 11.2 Å². The molecule has 0 spiro atoms. The number of nitrogens with zero attached hydrogens (tertiary/aromatic N) is 1. The fourth-order valence-electron chi connectivity index (χ4n) is 1.94. The molecule has 0 fully saturated rings. The Balaban J connectivity index is 2.26. The van der Waals surface area contributed by atoms with Gasteiger partial charge in [0.1, 0.15) is 0 Å². The van der Waals surface area contributed by atoms with Crippen molar-refractivity contribution in [3.63, 3.8) is 0 Å². The summed E-state index contributed by atoms with van der Waals surface area (Å²) >= 11 is 0. The van der Waals surface area contributed by atoms with Gasteiger partial charge in [0.2, 0.25) is 5.91 Å². The normalized spacial score (nSPS) is 14.0. The van der Waals surface area contributed by atoms with Crippen molar-refractivity contribution in [2.75, 3.05) is 19.0 Å². The van der Waals surface area contributed by atoms with Crippen LogP contribution in [0.1, 0.15) is 29.8 Å². The van der Waals surface area contributed by atoms with Gasteiger partial charge in [-0.25, -0.2) is 0 Å². The fraction of sp³-hybridized carbons (Fsp3) is 0.429. The number of aliphatic hydroxyl groups is 1. The first-order chi connectivity index (χ1) is 8.85. The third-order valence-electron chi connectivity index (χ3n) is 3.58. The highest BCUT2D eigenvalue weighted by molar-refractivity contribution is 6.01. The highest BCUT2D eigenvalue weighted by Gasteiger charge is 2.28. The van der Waals surface area contributed by atoms with Crippen LogP contribution in [0.2, 0.25) is 0 Å². The van der Waals surface area contributed by atoms with E-state index in [9.17, 15) is 14.7 Å². The summed E-state index contributed by atoms with van der Waals surface area (Å²) < 4.78 is 0. The van der Waals surface area contributed by atoms with Gasteiger partial charge in [-0.05, 0) is 37.6 Å². The Hall–Kier alpha value is -1.88. The van der Waals surface area contributed by atoms with Crippen molar-refractivity contribution >= 4 is 17.5 Å². The van der Waals surface area contributed by atoms with Gasteiger partial charge < -0.3 is 15.3 Å². The lowest BCUT2D eigenvalue weighted by Gasteiger charge is -2.34. The maximum atomic E-state index is 12.3. The SMILES string of the molecule is CN(C(=O)c1ccc2c(c1)CC(=O)N2)C(C)(C)CO. The average Bonchev–Trinajstić information content (AvgIpc) is 2.75. The molecule has 1 aromatic rings. The molecule has 5 heteroatoms. The second-order valence-corrected chi connectivity index (χ2v) is 5.43. The van der Waals surface area contributed by atoms with Crippen LogP contribution in [0, 0.1) is 0 Å². The minimum Gasteiger partial charge on any atom is -0.394 e. The zero-order valence-corrected chi connectivity index (χ0v) is 11.4. The molecule has 0 atom stereocenters. The highest BCUT2D eigenvalue weighted by Crippen LogP contribution is 2.25. The minimum atomic E-state index is -0.621. The molecule has 1 aliphatic rings. The molecule has 0 bridgehead atoms. The van der Waals surface area contributed by atoms with E-state index in [-0.39, 0.29) is 18.4 Å². The minimum absolute atomic E-state index is 0.0522. The molecule has 2 amide bonds. The van der Waals surface area contributed by atoms with Gasteiger partial charge in [0.25, 0.3) is 5.91 Å². The number of benzene rings is 1. The summed E-state index contributed by atoms with van der Waals surface area (Å²) in [6.07, 6.45) is 0.309. The van der Waals surface area contributed by atoms with Gasteiger partial charge in [0.15, 0.2) is 0 Å². The average molecular weight is 262 g/mol. The van der Waals surface area contributed by atoms with Crippen LogP contribution < -0.4 is 5.32 Å². The number of rotatable bonds is 3. The number of fused-ring (bicyclic) bond motifs is 1. The molecule has 0 aromatic heterocycles. The Morgan fingerprint density at radius 1 is 1.47 bits per heavy atom. The summed E-state index contributed by atoms with van der Waals surface area (Å²) in [5, 5.41) is 12.0. The molecule has 2 N–H and O–H groups in total. The van der Waals surface area contributed by atoms with E-state index < -0.39 is 5.54 Å². The van der Waals surface area contributed by atoms with E-state index in [1.807, 2.05) is 0 Å². The van der Waals surface area contributed by atoms with E-state index in [2.05, 4.69) is 5.32 Å². The van der Waals surface area contributed by atoms with E-state index in [0.717, 1.165) is 11.3 Å². The van der Waals surface area contributed by atoms with Crippen LogP contribution in [0.25, 0.3) is 0 Å². The van der Waals surface area contributed by atoms with E-state index >= 15 is 0 Å². The number of hydrogen-bond donors (Lipinski definition) is 2. The third-order valence-corrected chi connectivity index (χ3v) is 3.58. The van der Waals surface area contributed by atoms with Gasteiger partial charge >= 0.3 is 0 Å². The molecule has 0 unspecified atom stereocenters. The van der Waals surface area contributed by atoms with Crippen LogP contribution in [0.4, 0.5) is 5.69 Å². The van der Waals surface area contributed by atoms with Gasteiger partial charge in [-0.3, -0.25) is 9.59 Å². The summed E-state index contributed by atoms with van der Waals surface area (Å²) in [5.41, 5.74) is 1.51. The highest BCUT2D eigenvalue weighted by atomic mass is 16.3. The molecule has 2 rings (SSSR count). The Morgan fingerprint density at radius 2 is 2.16 bits per heavy atom. The standard InChI is InChI=1S/C14H18N2O3/c1-14(2,8-17)16(3)13(19)9-4-5-11-10(6-9)7-12(18)15-11/h4-6,17H,7-8H2,1-3H3,(H,15,18). The Bertz CT molecular complexity index is 537. The molecular formula is C14H18N2O3. The predicted molar refractivity (Wildman–Crippen MR) is 72.0 cm³/mol. The molecule has 1 aliphatic heterocycles. The van der Waals surface area contributed by atoms with Crippen molar-refractivity contribution in [1.82, 2.24) is 4.90 Å². The Labute approximate surface area is 112 Å². The van der Waals surface area contributed by atoms with Gasteiger partial charge in [0, 0.05) is 18.3 Å². The summed E-state index contributed by atoms with van der Waals surface area (Å²) in [7, 11) is 1.66. The molecule has 102 valence electrons. The van der Waals surface area contributed by atoms with E-state index in [0.29, 0.717) is 12.0 Å². The maximum absolute atomic E-state index is 12.3. The molecule has 0 saturated heterocycles. The van der Waals surface area contributed by atoms with Crippen LogP contribution >= 0.6 is 0 Å². The first-order valence-corrected chi connectivity index (χ1v) is 6.17. The molecule has 0 saturated carbocycles. The largest absolute Gasteiger partial charge is 0.394 e. The van der Waals surface area contributed by atoms with Crippen molar-refractivity contribution in [2.45, 2.75) is 25.8 Å². The number of carbonyl (C=O) groups excluding carboxylic acids is 2. The van der Waals surface area contributed by atoms with Crippen molar-refractivity contribution in [3.05, 3.63) is 29.3 Å². The lowest BCUT2D eigenvalue weighted by Crippen LogP contribution is -2.47. The van der Waals surface area contributed by atoms with E-state index in [1.54, 1.807) is 39.1 Å². The van der Waals surface area contributed by atoms with Gasteiger partial charge in [-0.1, -0.05) is 0 Å². The number of amides is 2. The van der Waals surface area contributed by atoms with E-state index in [1.165, 1.54) is 4.90 Å². The second-order valence-electron chi connectivity index (χ2n) is 5.43. The fourth-order valence-corrected chi connectivity index (χ4v) is 1.94. The zero-order valence-electron chi connectivity index (χ0n) is 11.4. The quantitative estimate of drug-likeness (QED) is 0.854. The molecule has 0 radical (unpaired) electrons. The Morgan fingerprint density at radius 3 is 2.79 bits per heavy atom.